The summed E-state index contributed by atoms with van der Waals surface area (Å²) in [6, 6.07) is 59.0. The number of fused-ring (bicyclic) bond motifs is 6. The van der Waals surface area contributed by atoms with Gasteiger partial charge in [0.15, 0.2) is 0 Å². The van der Waals surface area contributed by atoms with E-state index in [1.807, 2.05) is 31.2 Å². The van der Waals surface area contributed by atoms with Gasteiger partial charge in [-0.15, -0.1) is 0 Å². The van der Waals surface area contributed by atoms with E-state index in [4.69, 9.17) is 0 Å². The second kappa shape index (κ2) is 13.8. The van der Waals surface area contributed by atoms with Gasteiger partial charge in [0.05, 0.1) is 56.7 Å². The maximum Gasteiger partial charge on any atom is 0.0993 e. The zero-order chi connectivity index (χ0) is 40.5. The molecule has 10 aromatic rings. The van der Waals surface area contributed by atoms with Crippen molar-refractivity contribution in [2.75, 3.05) is 0 Å². The van der Waals surface area contributed by atoms with Crippen LogP contribution in [0.25, 0.3) is 88.4 Å². The van der Waals surface area contributed by atoms with Crippen molar-refractivity contribution in [1.82, 2.24) is 9.13 Å². The van der Waals surface area contributed by atoms with Crippen molar-refractivity contribution in [1.29, 1.82) is 10.5 Å². The topological polar surface area (TPSA) is 57.4 Å². The van der Waals surface area contributed by atoms with Crippen molar-refractivity contribution in [2.24, 2.45) is 0 Å². The summed E-state index contributed by atoms with van der Waals surface area (Å²) in [5.41, 5.74) is 19.5. The summed E-state index contributed by atoms with van der Waals surface area (Å²) in [6.45, 7) is 10.6. The van der Waals surface area contributed by atoms with Crippen LogP contribution in [0.1, 0.15) is 38.9 Å². The monoisotopic (exact) mass is 756 g/mol. The molecule has 4 nitrogen and oxygen atoms in total. The van der Waals surface area contributed by atoms with Gasteiger partial charge in [-0.3, -0.25) is 0 Å². The Bertz CT molecular complexity index is 3240. The number of benzene rings is 8. The van der Waals surface area contributed by atoms with E-state index in [1.54, 1.807) is 0 Å². The molecule has 2 heterocycles. The Morgan fingerprint density at radius 1 is 0.339 bits per heavy atom. The van der Waals surface area contributed by atoms with E-state index in [0.717, 1.165) is 82.8 Å². The Morgan fingerprint density at radius 3 is 1.19 bits per heavy atom. The molecule has 0 bridgehead atoms. The molecule has 0 N–H and O–H groups in total. The van der Waals surface area contributed by atoms with Gasteiger partial charge >= 0.3 is 0 Å². The van der Waals surface area contributed by atoms with Crippen LogP contribution >= 0.6 is 0 Å². The Labute approximate surface area is 344 Å². The standard InChI is InChI=1S/C55H40N4/c1-33-18-34(2)22-42(21-33)40-14-16-51-47(29-40)45-10-6-8-12-49(45)58(51)53-27-39(32-57)28-54(55(53)44-25-37(5)20-38(26-44)31-56)59-50-13-9-7-11-46(50)48-30-41(15-17-52(48)59)43-23-35(3)19-36(4)24-43/h6-30H,1-5H3. The first-order valence-corrected chi connectivity index (χ1v) is 20.0. The predicted molar refractivity (Wildman–Crippen MR) is 245 cm³/mol. The number of nitriles is 2. The molecule has 10 rings (SSSR count). The molecule has 0 saturated heterocycles. The fraction of sp³-hybridized carbons (Fsp3) is 0.0909. The number of aryl methyl sites for hydroxylation is 5. The minimum atomic E-state index is 0.544. The van der Waals surface area contributed by atoms with Crippen molar-refractivity contribution in [3.8, 4) is 56.9 Å². The smallest absolute Gasteiger partial charge is 0.0993 e. The minimum absolute atomic E-state index is 0.544. The van der Waals surface area contributed by atoms with Crippen LogP contribution in [0.4, 0.5) is 0 Å². The van der Waals surface area contributed by atoms with Crippen LogP contribution < -0.4 is 0 Å². The van der Waals surface area contributed by atoms with Crippen molar-refractivity contribution in [2.45, 2.75) is 34.6 Å². The van der Waals surface area contributed by atoms with E-state index >= 15 is 0 Å². The first kappa shape index (κ1) is 35.7. The maximum absolute atomic E-state index is 10.8. The lowest BCUT2D eigenvalue weighted by molar-refractivity contribution is 1.13. The Kier molecular flexibility index (Phi) is 8.34. The van der Waals surface area contributed by atoms with Crippen LogP contribution in [0.3, 0.4) is 0 Å². The largest absolute Gasteiger partial charge is 0.308 e. The molecule has 0 radical (unpaired) electrons. The zero-order valence-corrected chi connectivity index (χ0v) is 33.7. The first-order chi connectivity index (χ1) is 28.7. The van der Waals surface area contributed by atoms with Gasteiger partial charge in [-0.25, -0.2) is 0 Å². The van der Waals surface area contributed by atoms with E-state index in [-0.39, 0.29) is 0 Å². The molecule has 0 fully saturated rings. The van der Waals surface area contributed by atoms with Gasteiger partial charge in [-0.05, 0) is 129 Å². The lowest BCUT2D eigenvalue weighted by Gasteiger charge is -2.21. The van der Waals surface area contributed by atoms with Crippen LogP contribution in [-0.2, 0) is 0 Å². The summed E-state index contributed by atoms with van der Waals surface area (Å²) in [4.78, 5) is 0. The highest BCUT2D eigenvalue weighted by Gasteiger charge is 2.24. The van der Waals surface area contributed by atoms with E-state index in [1.165, 1.54) is 33.4 Å². The molecule has 280 valence electrons. The Morgan fingerprint density at radius 2 is 0.729 bits per heavy atom. The molecule has 0 spiro atoms. The molecular formula is C55H40N4. The molecule has 0 aliphatic rings. The summed E-state index contributed by atoms with van der Waals surface area (Å²) in [6.07, 6.45) is 0. The molecule has 0 atom stereocenters. The summed E-state index contributed by atoms with van der Waals surface area (Å²) >= 11 is 0. The van der Waals surface area contributed by atoms with Crippen LogP contribution in [-0.4, -0.2) is 9.13 Å². The summed E-state index contributed by atoms with van der Waals surface area (Å²) in [5, 5.41) is 25.6. The SMILES string of the molecule is Cc1cc(C)cc(-c2ccc3c(c2)c2ccccc2n3-c2cc(C#N)cc(-n3c4ccccc4c4cc(-c5cc(C)cc(C)c5)ccc43)c2-c2cc(C)cc(C#N)c2)c1. The van der Waals surface area contributed by atoms with E-state index < -0.39 is 0 Å². The van der Waals surface area contributed by atoms with Crippen molar-refractivity contribution in [3.05, 3.63) is 191 Å². The lowest BCUT2D eigenvalue weighted by atomic mass is 9.95. The maximum atomic E-state index is 10.8. The second-order valence-electron chi connectivity index (χ2n) is 16.1. The van der Waals surface area contributed by atoms with E-state index in [0.29, 0.717) is 11.1 Å². The highest BCUT2D eigenvalue weighted by Crippen LogP contribution is 2.44. The third-order valence-corrected chi connectivity index (χ3v) is 11.7. The van der Waals surface area contributed by atoms with Gasteiger partial charge in [0, 0.05) is 27.1 Å². The molecular weight excluding hydrogens is 717 g/mol. The summed E-state index contributed by atoms with van der Waals surface area (Å²) < 4.78 is 4.63. The normalized spacial score (nSPS) is 11.4. The molecule has 0 saturated carbocycles. The first-order valence-electron chi connectivity index (χ1n) is 20.0. The van der Waals surface area contributed by atoms with Crippen LogP contribution in [0, 0.1) is 57.3 Å². The molecule has 0 aliphatic carbocycles. The van der Waals surface area contributed by atoms with Crippen molar-refractivity contribution >= 4 is 43.6 Å². The molecule has 4 heteroatoms. The number of aromatic nitrogens is 2. The molecule has 2 aromatic heterocycles. The average molecular weight is 757 g/mol. The quantitative estimate of drug-likeness (QED) is 0.176. The molecule has 0 amide bonds. The fourth-order valence-corrected chi connectivity index (χ4v) is 9.42. The van der Waals surface area contributed by atoms with Crippen LogP contribution in [0.5, 0.6) is 0 Å². The van der Waals surface area contributed by atoms with Crippen LogP contribution in [0.15, 0.2) is 152 Å². The van der Waals surface area contributed by atoms with Gasteiger partial charge in [-0.1, -0.05) is 113 Å². The molecule has 8 aromatic carbocycles. The molecule has 59 heavy (non-hydrogen) atoms. The number of hydrogen-bond donors (Lipinski definition) is 0. The van der Waals surface area contributed by atoms with Crippen molar-refractivity contribution < 1.29 is 0 Å². The van der Waals surface area contributed by atoms with Gasteiger partial charge in [0.2, 0.25) is 0 Å². The fourth-order valence-electron chi connectivity index (χ4n) is 9.42. The van der Waals surface area contributed by atoms with E-state index in [2.05, 4.69) is 176 Å². The highest BCUT2D eigenvalue weighted by atomic mass is 15.0. The Hall–Kier alpha value is -7.66. The zero-order valence-electron chi connectivity index (χ0n) is 33.7. The summed E-state index contributed by atoms with van der Waals surface area (Å²) in [5.74, 6) is 0. The Balaban J connectivity index is 1.33. The van der Waals surface area contributed by atoms with Gasteiger partial charge in [-0.2, -0.15) is 10.5 Å². The minimum Gasteiger partial charge on any atom is -0.308 e. The number of hydrogen-bond acceptors (Lipinski definition) is 2. The highest BCUT2D eigenvalue weighted by molar-refractivity contribution is 6.13. The number of para-hydroxylation sites is 2. The van der Waals surface area contributed by atoms with Gasteiger partial charge in [0.25, 0.3) is 0 Å². The second-order valence-corrected chi connectivity index (χ2v) is 16.1. The molecule has 0 unspecified atom stereocenters. The average Bonchev–Trinajstić information content (AvgIpc) is 3.74. The third kappa shape index (κ3) is 5.97. The summed E-state index contributed by atoms with van der Waals surface area (Å²) in [7, 11) is 0. The predicted octanol–water partition coefficient (Wildman–Crippen LogP) is 14.2. The van der Waals surface area contributed by atoms with Crippen molar-refractivity contribution in [3.63, 3.8) is 0 Å². The van der Waals surface area contributed by atoms with Gasteiger partial charge < -0.3 is 9.13 Å². The van der Waals surface area contributed by atoms with Gasteiger partial charge in [0.1, 0.15) is 0 Å². The lowest BCUT2D eigenvalue weighted by Crippen LogP contribution is -2.05. The number of nitrogens with zero attached hydrogens (tertiary/aromatic N) is 4. The number of rotatable bonds is 5. The van der Waals surface area contributed by atoms with E-state index in [9.17, 15) is 10.5 Å². The van der Waals surface area contributed by atoms with Crippen LogP contribution in [0.2, 0.25) is 0 Å². The molecule has 0 aliphatic heterocycles. The third-order valence-electron chi connectivity index (χ3n) is 11.7.